The lowest BCUT2D eigenvalue weighted by atomic mass is 9.77. The summed E-state index contributed by atoms with van der Waals surface area (Å²) in [6.45, 7) is 10.9. The van der Waals surface area contributed by atoms with E-state index >= 15 is 0 Å². The third-order valence-corrected chi connectivity index (χ3v) is 7.42. The van der Waals surface area contributed by atoms with Crippen molar-refractivity contribution in [3.63, 3.8) is 0 Å². The maximum absolute atomic E-state index is 13.5. The van der Waals surface area contributed by atoms with Gasteiger partial charge in [0.25, 0.3) is 5.91 Å². The maximum Gasteiger partial charge on any atom is 0.340 e. The number of aliphatic hydroxyl groups is 1. The van der Waals surface area contributed by atoms with Crippen LogP contribution in [0.2, 0.25) is 0 Å². The molecular formula is C35H37NO10. The number of ether oxygens (including phenoxy) is 5. The van der Waals surface area contributed by atoms with Crippen LogP contribution in [0.25, 0.3) is 0 Å². The fraction of sp³-hybridized carbons (Fsp3) is 0.371. The van der Waals surface area contributed by atoms with E-state index in [9.17, 15) is 19.2 Å². The molecule has 2 aliphatic rings. The second-order valence-electron chi connectivity index (χ2n) is 13.1. The largest absolute Gasteiger partial charge is 0.456 e. The Hall–Kier alpha value is -4.74. The lowest BCUT2D eigenvalue weighted by molar-refractivity contribution is -0.143. The molecule has 0 unspecified atom stereocenters. The monoisotopic (exact) mass is 631 g/mol. The van der Waals surface area contributed by atoms with Crippen LogP contribution < -0.4 is 19.5 Å². The topological polar surface area (TPSA) is 147 Å². The highest BCUT2D eigenvalue weighted by Crippen LogP contribution is 2.57. The average molecular weight is 632 g/mol. The molecule has 2 heterocycles. The normalized spacial score (nSPS) is 14.4. The van der Waals surface area contributed by atoms with Gasteiger partial charge in [-0.25, -0.2) is 4.79 Å². The molecule has 0 aliphatic carbocycles. The Bertz CT molecular complexity index is 1640. The van der Waals surface area contributed by atoms with E-state index in [1.165, 1.54) is 6.07 Å². The zero-order valence-corrected chi connectivity index (χ0v) is 26.6. The van der Waals surface area contributed by atoms with E-state index in [1.54, 1.807) is 90.1 Å². The van der Waals surface area contributed by atoms with Crippen LogP contribution in [-0.4, -0.2) is 55.3 Å². The molecule has 0 fully saturated rings. The van der Waals surface area contributed by atoms with Crippen LogP contribution in [-0.2, 0) is 24.7 Å². The van der Waals surface area contributed by atoms with Gasteiger partial charge in [0.05, 0.1) is 36.2 Å². The van der Waals surface area contributed by atoms with Crippen molar-refractivity contribution in [1.82, 2.24) is 5.32 Å². The Labute approximate surface area is 266 Å². The number of esters is 3. The summed E-state index contributed by atoms with van der Waals surface area (Å²) in [5, 5.41) is 11.6. The Morgan fingerprint density at radius 2 is 1.33 bits per heavy atom. The van der Waals surface area contributed by atoms with E-state index in [0.717, 1.165) is 0 Å². The van der Waals surface area contributed by atoms with Crippen LogP contribution in [0.3, 0.4) is 0 Å². The summed E-state index contributed by atoms with van der Waals surface area (Å²) in [5.41, 5.74) is -1.14. The van der Waals surface area contributed by atoms with Crippen LogP contribution >= 0.6 is 0 Å². The highest BCUT2D eigenvalue weighted by atomic mass is 16.6. The number of amides is 1. The van der Waals surface area contributed by atoms with Gasteiger partial charge in [-0.05, 0) is 77.9 Å². The van der Waals surface area contributed by atoms with Crippen molar-refractivity contribution in [2.24, 2.45) is 10.8 Å². The van der Waals surface area contributed by atoms with Gasteiger partial charge in [-0.3, -0.25) is 14.4 Å². The number of carbonyl (C=O) groups excluding carboxylic acids is 4. The van der Waals surface area contributed by atoms with Gasteiger partial charge < -0.3 is 34.1 Å². The lowest BCUT2D eigenvalue weighted by Gasteiger charge is -2.36. The summed E-state index contributed by atoms with van der Waals surface area (Å²) in [6, 6.07) is 14.4. The van der Waals surface area contributed by atoms with Gasteiger partial charge in [0.15, 0.2) is 5.60 Å². The fourth-order valence-corrected chi connectivity index (χ4v) is 4.98. The van der Waals surface area contributed by atoms with Crippen molar-refractivity contribution in [3.05, 3.63) is 82.4 Å². The predicted octanol–water partition coefficient (Wildman–Crippen LogP) is 4.90. The molecule has 0 atom stereocenters. The first-order chi connectivity index (χ1) is 21.6. The van der Waals surface area contributed by atoms with Crippen LogP contribution in [0, 0.1) is 10.8 Å². The molecule has 1 spiro atoms. The van der Waals surface area contributed by atoms with E-state index in [4.69, 9.17) is 28.8 Å². The van der Waals surface area contributed by atoms with Gasteiger partial charge in [0.1, 0.15) is 23.0 Å². The Morgan fingerprint density at radius 3 is 1.85 bits per heavy atom. The molecule has 11 nitrogen and oxygen atoms in total. The van der Waals surface area contributed by atoms with Crippen LogP contribution in [0.1, 0.15) is 78.9 Å². The zero-order chi connectivity index (χ0) is 33.4. The van der Waals surface area contributed by atoms with Crippen molar-refractivity contribution >= 4 is 23.8 Å². The van der Waals surface area contributed by atoms with Crippen molar-refractivity contribution in [3.8, 4) is 23.0 Å². The Balaban J connectivity index is 1.58. The minimum absolute atomic E-state index is 0.118. The minimum Gasteiger partial charge on any atom is -0.456 e. The summed E-state index contributed by atoms with van der Waals surface area (Å²) < 4.78 is 28.9. The zero-order valence-electron chi connectivity index (χ0n) is 26.6. The third kappa shape index (κ3) is 6.20. The highest BCUT2D eigenvalue weighted by Gasteiger charge is 2.54. The van der Waals surface area contributed by atoms with Gasteiger partial charge in [-0.1, -0.05) is 6.07 Å². The standard InChI is InChI=1S/C35H37NO10/c1-33(2,3)31(40)43-21-8-11-25-27(18-21)45-28-19-22(44-32(41)34(4,5)6)9-12-26(28)35(25)24-10-7-20(17-23(24)30(39)46-35)29(38)36-13-15-42-16-14-37/h7-12,17-19,37H,13-16H2,1-6H3,(H,36,38). The first-order valence-electron chi connectivity index (χ1n) is 14.9. The summed E-state index contributed by atoms with van der Waals surface area (Å²) >= 11 is 0. The number of fused-ring (bicyclic) bond motifs is 6. The molecule has 46 heavy (non-hydrogen) atoms. The second kappa shape index (κ2) is 12.2. The molecule has 2 aliphatic heterocycles. The smallest absolute Gasteiger partial charge is 0.340 e. The van der Waals surface area contributed by atoms with E-state index in [-0.39, 0.29) is 60.5 Å². The van der Waals surface area contributed by atoms with E-state index in [2.05, 4.69) is 5.32 Å². The van der Waals surface area contributed by atoms with Gasteiger partial charge in [0, 0.05) is 40.9 Å². The average Bonchev–Trinajstić information content (AvgIpc) is 3.27. The molecular weight excluding hydrogens is 594 g/mol. The van der Waals surface area contributed by atoms with Gasteiger partial charge in [0.2, 0.25) is 0 Å². The number of nitrogens with one attached hydrogen (secondary N) is 1. The lowest BCUT2D eigenvalue weighted by Crippen LogP contribution is -2.33. The van der Waals surface area contributed by atoms with E-state index < -0.39 is 40.2 Å². The van der Waals surface area contributed by atoms with Crippen molar-refractivity contribution in [2.75, 3.05) is 26.4 Å². The van der Waals surface area contributed by atoms with E-state index in [1.807, 2.05) is 0 Å². The highest BCUT2D eigenvalue weighted by molar-refractivity contribution is 6.01. The molecule has 0 radical (unpaired) electrons. The Morgan fingerprint density at radius 1 is 0.783 bits per heavy atom. The fourth-order valence-electron chi connectivity index (χ4n) is 4.98. The number of hydrogen-bond acceptors (Lipinski definition) is 10. The third-order valence-electron chi connectivity index (χ3n) is 7.42. The number of rotatable bonds is 8. The molecule has 0 bridgehead atoms. The summed E-state index contributed by atoms with van der Waals surface area (Å²) in [4.78, 5) is 51.7. The van der Waals surface area contributed by atoms with Gasteiger partial charge in [-0.2, -0.15) is 0 Å². The first kappa shape index (κ1) is 32.6. The number of hydrogen-bond donors (Lipinski definition) is 2. The molecule has 242 valence electrons. The molecule has 3 aromatic carbocycles. The summed E-state index contributed by atoms with van der Waals surface area (Å²) in [6.07, 6.45) is 0. The molecule has 11 heteroatoms. The second-order valence-corrected chi connectivity index (χ2v) is 13.1. The Kier molecular flexibility index (Phi) is 8.67. The van der Waals surface area contributed by atoms with Gasteiger partial charge in [-0.15, -0.1) is 0 Å². The molecule has 0 aromatic heterocycles. The molecule has 3 aromatic rings. The van der Waals surface area contributed by atoms with Crippen molar-refractivity contribution < 1.29 is 48.0 Å². The minimum atomic E-state index is -1.48. The number of carbonyl (C=O) groups is 4. The predicted molar refractivity (Wildman–Crippen MR) is 165 cm³/mol. The van der Waals surface area contributed by atoms with Gasteiger partial charge >= 0.3 is 17.9 Å². The van der Waals surface area contributed by atoms with Crippen molar-refractivity contribution in [2.45, 2.75) is 47.1 Å². The molecule has 1 amide bonds. The maximum atomic E-state index is 13.5. The summed E-state index contributed by atoms with van der Waals surface area (Å²) in [5.74, 6) is -0.975. The molecule has 0 saturated heterocycles. The first-order valence-corrected chi connectivity index (χ1v) is 14.9. The summed E-state index contributed by atoms with van der Waals surface area (Å²) in [7, 11) is 0. The molecule has 2 N–H and O–H groups in total. The van der Waals surface area contributed by atoms with Crippen molar-refractivity contribution in [1.29, 1.82) is 0 Å². The number of aliphatic hydroxyl groups excluding tert-OH is 1. The van der Waals surface area contributed by atoms with Crippen LogP contribution in [0.15, 0.2) is 54.6 Å². The van der Waals surface area contributed by atoms with Crippen LogP contribution in [0.4, 0.5) is 0 Å². The van der Waals surface area contributed by atoms with Crippen LogP contribution in [0.5, 0.6) is 23.0 Å². The molecule has 5 rings (SSSR count). The number of benzene rings is 3. The quantitative estimate of drug-likeness (QED) is 0.200. The van der Waals surface area contributed by atoms with E-state index in [0.29, 0.717) is 16.7 Å². The SMILES string of the molecule is CC(C)(C)C(=O)Oc1ccc2c(c1)Oc1cc(OC(=O)C(C)(C)C)ccc1C21OC(=O)c2cc(C(=O)NCCOCCO)ccc21. The molecule has 0 saturated carbocycles.